The first-order chi connectivity index (χ1) is 16.3. The van der Waals surface area contributed by atoms with Gasteiger partial charge in [-0.15, -0.1) is 0 Å². The quantitative estimate of drug-likeness (QED) is 0.293. The van der Waals surface area contributed by atoms with Crippen LogP contribution in [-0.2, 0) is 29.6 Å². The second-order valence-electron chi connectivity index (χ2n) is 8.39. The summed E-state index contributed by atoms with van der Waals surface area (Å²) in [5.41, 5.74) is 3.36. The van der Waals surface area contributed by atoms with E-state index >= 15 is 0 Å². The average molecular weight is 483 g/mol. The number of aliphatic carboxylic acids is 1. The number of fused-ring (bicyclic) bond motifs is 1. The largest absolute Gasteiger partial charge is 0.481 e. The number of carbonyl (C=O) groups excluding carboxylic acids is 1. The molecule has 1 N–H and O–H groups in total. The summed E-state index contributed by atoms with van der Waals surface area (Å²) in [6, 6.07) is 7.18. The number of hydrogen-bond donors (Lipinski definition) is 1. The fourth-order valence-electron chi connectivity index (χ4n) is 4.03. The fourth-order valence-corrected chi connectivity index (χ4v) is 4.18. The van der Waals surface area contributed by atoms with Crippen molar-refractivity contribution in [1.82, 2.24) is 14.5 Å². The highest BCUT2D eigenvalue weighted by atomic mass is 35.5. The predicted octanol–water partition coefficient (Wildman–Crippen LogP) is 4.72. The molecule has 0 aromatic carbocycles. The number of aryl methyl sites for hydroxylation is 1. The van der Waals surface area contributed by atoms with Gasteiger partial charge in [0.05, 0.1) is 29.0 Å². The Kier molecular flexibility index (Phi) is 8.74. The first-order valence-corrected chi connectivity index (χ1v) is 11.5. The molecule has 0 saturated heterocycles. The van der Waals surface area contributed by atoms with Crippen molar-refractivity contribution < 1.29 is 19.4 Å². The molecule has 3 aromatic rings. The molecule has 3 rings (SSSR count). The molecule has 8 nitrogen and oxygen atoms in total. The number of carboxylic acid groups (broad SMARTS) is 1. The van der Waals surface area contributed by atoms with E-state index < -0.39 is 5.97 Å². The summed E-state index contributed by atoms with van der Waals surface area (Å²) in [5.74, 6) is -1.29. The number of Topliss-reactive ketones (excluding diaryl/α,β-unsaturated/α-hetero) is 1. The number of nitriles is 1. The van der Waals surface area contributed by atoms with Crippen LogP contribution in [-0.4, -0.2) is 38.0 Å². The van der Waals surface area contributed by atoms with Crippen LogP contribution in [0, 0.1) is 17.2 Å². The maximum absolute atomic E-state index is 13.2. The van der Waals surface area contributed by atoms with Crippen LogP contribution in [0.1, 0.15) is 59.9 Å². The predicted molar refractivity (Wildman–Crippen MR) is 128 cm³/mol. The molecule has 3 heterocycles. The smallest absolute Gasteiger partial charge is 0.303 e. The molecule has 0 spiro atoms. The average Bonchev–Trinajstić information content (AvgIpc) is 3.06. The number of unbranched alkanes of at least 4 members (excludes halogenated alkanes) is 1. The van der Waals surface area contributed by atoms with E-state index in [0.717, 1.165) is 18.5 Å². The Morgan fingerprint density at radius 2 is 2.06 bits per heavy atom. The molecular formula is C25H27ClN4O4. The third kappa shape index (κ3) is 6.40. The van der Waals surface area contributed by atoms with Gasteiger partial charge in [0.1, 0.15) is 5.65 Å². The summed E-state index contributed by atoms with van der Waals surface area (Å²) >= 11 is 6.16. The topological polar surface area (TPSA) is 118 Å². The third-order valence-electron chi connectivity index (χ3n) is 5.60. The van der Waals surface area contributed by atoms with E-state index in [1.807, 2.05) is 11.6 Å². The molecule has 1 unspecified atom stereocenters. The summed E-state index contributed by atoms with van der Waals surface area (Å²) in [7, 11) is 1.88. The number of ketones is 1. The molecular weight excluding hydrogens is 456 g/mol. The lowest BCUT2D eigenvalue weighted by atomic mass is 9.94. The highest BCUT2D eigenvalue weighted by Crippen LogP contribution is 2.30. The Labute approximate surface area is 203 Å². The van der Waals surface area contributed by atoms with Gasteiger partial charge in [-0.3, -0.25) is 14.6 Å². The minimum absolute atomic E-state index is 0.0612. The molecule has 0 amide bonds. The van der Waals surface area contributed by atoms with Crippen LogP contribution in [0.4, 0.5) is 0 Å². The normalized spacial score (nSPS) is 11.9. The van der Waals surface area contributed by atoms with Crippen molar-refractivity contribution in [3.63, 3.8) is 0 Å². The maximum atomic E-state index is 13.2. The minimum atomic E-state index is -0.919. The van der Waals surface area contributed by atoms with E-state index in [4.69, 9.17) is 26.7 Å². The number of halogens is 1. The maximum Gasteiger partial charge on any atom is 0.303 e. The lowest BCUT2D eigenvalue weighted by Crippen LogP contribution is -2.12. The molecule has 0 saturated carbocycles. The van der Waals surface area contributed by atoms with Gasteiger partial charge in [-0.05, 0) is 43.4 Å². The van der Waals surface area contributed by atoms with Gasteiger partial charge in [-0.1, -0.05) is 18.5 Å². The molecule has 0 aliphatic carbocycles. The second-order valence-corrected chi connectivity index (χ2v) is 8.83. The second kappa shape index (κ2) is 11.7. The van der Waals surface area contributed by atoms with Crippen molar-refractivity contribution in [2.75, 3.05) is 6.61 Å². The summed E-state index contributed by atoms with van der Waals surface area (Å²) < 4.78 is 7.61. The van der Waals surface area contributed by atoms with E-state index in [2.05, 4.69) is 16.0 Å². The SMILES string of the molecule is CC(CC(=O)O)CC(=O)c1c(CCCCOCc2cc(C#N)ccn2)n(C)c2ncc(Cl)cc12. The number of aromatic nitrogens is 3. The molecule has 0 aliphatic heterocycles. The van der Waals surface area contributed by atoms with Gasteiger partial charge >= 0.3 is 5.97 Å². The van der Waals surface area contributed by atoms with E-state index in [1.54, 1.807) is 37.5 Å². The van der Waals surface area contributed by atoms with Crippen LogP contribution in [0.25, 0.3) is 11.0 Å². The summed E-state index contributed by atoms with van der Waals surface area (Å²) in [6.45, 7) is 2.61. The monoisotopic (exact) mass is 482 g/mol. The highest BCUT2D eigenvalue weighted by molar-refractivity contribution is 6.31. The number of ether oxygens (including phenoxy) is 1. The zero-order valence-corrected chi connectivity index (χ0v) is 20.0. The molecule has 9 heteroatoms. The van der Waals surface area contributed by atoms with Gasteiger partial charge in [0.2, 0.25) is 0 Å². The lowest BCUT2D eigenvalue weighted by molar-refractivity contribution is -0.137. The standard InChI is InChI=1S/C25H27ClN4O4/c1-16(10-23(32)33)9-22(31)24-20-12-18(26)14-29-25(20)30(2)21(24)5-3-4-8-34-15-19-11-17(13-27)6-7-28-19/h6-7,11-12,14,16H,3-5,8-10,15H2,1-2H3,(H,32,33). The van der Waals surface area contributed by atoms with Crippen LogP contribution in [0.5, 0.6) is 0 Å². The summed E-state index contributed by atoms with van der Waals surface area (Å²) in [4.78, 5) is 32.8. The van der Waals surface area contributed by atoms with Gasteiger partial charge in [0.25, 0.3) is 0 Å². The Balaban J connectivity index is 1.67. The van der Waals surface area contributed by atoms with Gasteiger partial charge in [-0.25, -0.2) is 4.98 Å². The minimum Gasteiger partial charge on any atom is -0.481 e. The van der Waals surface area contributed by atoms with Gasteiger partial charge < -0.3 is 14.4 Å². The number of carboxylic acids is 1. The van der Waals surface area contributed by atoms with Crippen LogP contribution in [0.3, 0.4) is 0 Å². The van der Waals surface area contributed by atoms with Gasteiger partial charge in [0.15, 0.2) is 5.78 Å². The van der Waals surface area contributed by atoms with Crippen molar-refractivity contribution >= 4 is 34.4 Å². The van der Waals surface area contributed by atoms with Crippen molar-refractivity contribution in [1.29, 1.82) is 5.26 Å². The number of rotatable bonds is 12. The summed E-state index contributed by atoms with van der Waals surface area (Å²) in [6.07, 6.45) is 5.43. The Morgan fingerprint density at radius 3 is 2.79 bits per heavy atom. The van der Waals surface area contributed by atoms with E-state index in [-0.39, 0.29) is 24.5 Å². The molecule has 0 aliphatic rings. The molecule has 0 bridgehead atoms. The molecule has 34 heavy (non-hydrogen) atoms. The molecule has 3 aromatic heterocycles. The molecule has 1 atom stereocenters. The first-order valence-electron chi connectivity index (χ1n) is 11.1. The third-order valence-corrected chi connectivity index (χ3v) is 5.80. The fraction of sp³-hybridized carbons (Fsp3) is 0.400. The van der Waals surface area contributed by atoms with Crippen LogP contribution >= 0.6 is 11.6 Å². The first kappa shape index (κ1) is 25.3. The van der Waals surface area contributed by atoms with E-state index in [9.17, 15) is 9.59 Å². The van der Waals surface area contributed by atoms with Gasteiger partial charge in [0, 0.05) is 55.5 Å². The van der Waals surface area contributed by atoms with Crippen molar-refractivity contribution in [2.45, 2.75) is 45.6 Å². The number of hydrogen-bond acceptors (Lipinski definition) is 6. The lowest BCUT2D eigenvalue weighted by Gasteiger charge is -2.11. The van der Waals surface area contributed by atoms with Crippen molar-refractivity contribution in [2.24, 2.45) is 13.0 Å². The number of pyridine rings is 2. The zero-order valence-electron chi connectivity index (χ0n) is 19.3. The number of carbonyl (C=O) groups is 2. The molecule has 0 fully saturated rings. The Morgan fingerprint density at radius 1 is 1.26 bits per heavy atom. The molecule has 178 valence electrons. The van der Waals surface area contributed by atoms with Crippen molar-refractivity contribution in [3.8, 4) is 6.07 Å². The van der Waals surface area contributed by atoms with Crippen molar-refractivity contribution in [3.05, 3.63) is 58.1 Å². The summed E-state index contributed by atoms with van der Waals surface area (Å²) in [5, 5.41) is 19.2. The number of nitrogens with zero attached hydrogens (tertiary/aromatic N) is 4. The van der Waals surface area contributed by atoms with Crippen LogP contribution in [0.15, 0.2) is 30.6 Å². The molecule has 0 radical (unpaired) electrons. The van der Waals surface area contributed by atoms with Gasteiger partial charge in [-0.2, -0.15) is 5.26 Å². The van der Waals surface area contributed by atoms with E-state index in [0.29, 0.717) is 52.5 Å². The van der Waals surface area contributed by atoms with Crippen LogP contribution < -0.4 is 0 Å². The highest BCUT2D eigenvalue weighted by Gasteiger charge is 2.24. The van der Waals surface area contributed by atoms with Crippen LogP contribution in [0.2, 0.25) is 5.02 Å². The Hall–Kier alpha value is -3.28. The zero-order chi connectivity index (χ0) is 24.7. The Bertz CT molecular complexity index is 1230. The van der Waals surface area contributed by atoms with E-state index in [1.165, 1.54) is 0 Å².